The zero-order valence-corrected chi connectivity index (χ0v) is 15.0. The van der Waals surface area contributed by atoms with Gasteiger partial charge in [-0.2, -0.15) is 0 Å². The number of hydrogen-bond acceptors (Lipinski definition) is 4. The van der Waals surface area contributed by atoms with E-state index < -0.39 is 0 Å². The highest BCUT2D eigenvalue weighted by molar-refractivity contribution is 5.79. The highest BCUT2D eigenvalue weighted by atomic mass is 16.5. The molecule has 1 aromatic rings. The smallest absolute Gasteiger partial charge is 0.191 e. The second-order valence-corrected chi connectivity index (χ2v) is 5.86. The van der Waals surface area contributed by atoms with Crippen molar-refractivity contribution in [2.75, 3.05) is 66.0 Å². The topological polar surface area (TPSA) is 52.1 Å². The first kappa shape index (κ1) is 18.5. The molecule has 0 aromatic heterocycles. The minimum Gasteiger partial charge on any atom is -0.492 e. The van der Waals surface area contributed by atoms with Crippen LogP contribution in [0.3, 0.4) is 0 Å². The van der Waals surface area contributed by atoms with Crippen LogP contribution < -0.4 is 15.4 Å². The Bertz CT molecular complexity index is 472. The third-order valence-corrected chi connectivity index (χ3v) is 4.26. The Kier molecular flexibility index (Phi) is 8.41. The van der Waals surface area contributed by atoms with Crippen molar-refractivity contribution in [3.8, 4) is 5.75 Å². The number of guanidine groups is 1. The van der Waals surface area contributed by atoms with E-state index in [4.69, 9.17) is 4.74 Å². The molecule has 0 saturated carbocycles. The van der Waals surface area contributed by atoms with Gasteiger partial charge in [0.05, 0.1) is 6.54 Å². The van der Waals surface area contributed by atoms with E-state index in [9.17, 15) is 0 Å². The summed E-state index contributed by atoms with van der Waals surface area (Å²) in [6.45, 7) is 11.4. The Morgan fingerprint density at radius 1 is 1.04 bits per heavy atom. The molecule has 1 aliphatic heterocycles. The van der Waals surface area contributed by atoms with Crippen LogP contribution >= 0.6 is 0 Å². The van der Waals surface area contributed by atoms with E-state index in [1.807, 2.05) is 30.3 Å². The molecule has 1 heterocycles. The molecular formula is C18H31N5O. The predicted octanol–water partition coefficient (Wildman–Crippen LogP) is 0.868. The number of rotatable bonds is 8. The van der Waals surface area contributed by atoms with E-state index in [2.05, 4.69) is 32.3 Å². The Labute approximate surface area is 145 Å². The lowest BCUT2D eigenvalue weighted by Crippen LogP contribution is -2.49. The monoisotopic (exact) mass is 333 g/mol. The lowest BCUT2D eigenvalue weighted by molar-refractivity contribution is 0.139. The van der Waals surface area contributed by atoms with Gasteiger partial charge < -0.3 is 20.3 Å². The largest absolute Gasteiger partial charge is 0.492 e. The van der Waals surface area contributed by atoms with Crippen molar-refractivity contribution in [2.24, 2.45) is 4.99 Å². The zero-order chi connectivity index (χ0) is 17.0. The predicted molar refractivity (Wildman–Crippen MR) is 99.9 cm³/mol. The van der Waals surface area contributed by atoms with Crippen molar-refractivity contribution in [1.82, 2.24) is 20.4 Å². The standard InChI is InChI=1S/C18H31N5O/c1-3-22-12-14-23(15-13-22)11-9-20-18(19-2)21-10-16-24-17-7-5-4-6-8-17/h4-8H,3,9-16H2,1-2H3,(H2,19,20,21). The van der Waals surface area contributed by atoms with Gasteiger partial charge in [0.15, 0.2) is 5.96 Å². The second-order valence-electron chi connectivity index (χ2n) is 5.86. The molecule has 134 valence electrons. The quantitative estimate of drug-likeness (QED) is 0.420. The molecule has 6 heteroatoms. The molecule has 0 amide bonds. The minimum absolute atomic E-state index is 0.615. The molecule has 1 aromatic carbocycles. The van der Waals surface area contributed by atoms with Crippen molar-refractivity contribution in [2.45, 2.75) is 6.92 Å². The summed E-state index contributed by atoms with van der Waals surface area (Å²) in [5.41, 5.74) is 0. The van der Waals surface area contributed by atoms with Gasteiger partial charge in [-0.1, -0.05) is 25.1 Å². The summed E-state index contributed by atoms with van der Waals surface area (Å²) in [5.74, 6) is 1.73. The van der Waals surface area contributed by atoms with Crippen molar-refractivity contribution < 1.29 is 4.74 Å². The molecule has 24 heavy (non-hydrogen) atoms. The Morgan fingerprint density at radius 3 is 2.38 bits per heavy atom. The van der Waals surface area contributed by atoms with Crippen molar-refractivity contribution >= 4 is 5.96 Å². The van der Waals surface area contributed by atoms with Gasteiger partial charge in [0.1, 0.15) is 12.4 Å². The summed E-state index contributed by atoms with van der Waals surface area (Å²) < 4.78 is 5.66. The molecule has 0 atom stereocenters. The van der Waals surface area contributed by atoms with Gasteiger partial charge in [0.25, 0.3) is 0 Å². The van der Waals surface area contributed by atoms with E-state index in [0.717, 1.165) is 51.0 Å². The van der Waals surface area contributed by atoms with Crippen LogP contribution in [0.2, 0.25) is 0 Å². The number of aliphatic imine (C=N–C) groups is 1. The summed E-state index contributed by atoms with van der Waals surface area (Å²) in [6.07, 6.45) is 0. The second kappa shape index (κ2) is 10.9. The van der Waals surface area contributed by atoms with Gasteiger partial charge >= 0.3 is 0 Å². The first-order chi connectivity index (χ1) is 11.8. The first-order valence-corrected chi connectivity index (χ1v) is 8.89. The minimum atomic E-state index is 0.615. The lowest BCUT2D eigenvalue weighted by Gasteiger charge is -2.34. The summed E-state index contributed by atoms with van der Waals surface area (Å²) in [7, 11) is 1.80. The van der Waals surface area contributed by atoms with Gasteiger partial charge in [-0.15, -0.1) is 0 Å². The summed E-state index contributed by atoms with van der Waals surface area (Å²) in [6, 6.07) is 9.86. The van der Waals surface area contributed by atoms with Crippen molar-refractivity contribution in [3.63, 3.8) is 0 Å². The third kappa shape index (κ3) is 6.76. The van der Waals surface area contributed by atoms with Gasteiger partial charge in [-0.3, -0.25) is 9.89 Å². The molecule has 1 saturated heterocycles. The van der Waals surface area contributed by atoms with Crippen LogP contribution in [0.25, 0.3) is 0 Å². The highest BCUT2D eigenvalue weighted by Gasteiger charge is 2.14. The summed E-state index contributed by atoms with van der Waals surface area (Å²) >= 11 is 0. The Morgan fingerprint density at radius 2 is 1.71 bits per heavy atom. The fraction of sp³-hybridized carbons (Fsp3) is 0.611. The van der Waals surface area contributed by atoms with E-state index in [0.29, 0.717) is 6.61 Å². The van der Waals surface area contributed by atoms with E-state index in [1.54, 1.807) is 7.05 Å². The van der Waals surface area contributed by atoms with E-state index >= 15 is 0 Å². The van der Waals surface area contributed by atoms with Gasteiger partial charge in [0, 0.05) is 46.3 Å². The molecule has 2 N–H and O–H groups in total. The molecule has 0 unspecified atom stereocenters. The number of ether oxygens (including phenoxy) is 1. The summed E-state index contributed by atoms with van der Waals surface area (Å²) in [4.78, 5) is 9.25. The van der Waals surface area contributed by atoms with Crippen LogP contribution in [-0.2, 0) is 0 Å². The maximum Gasteiger partial charge on any atom is 0.191 e. The Hall–Kier alpha value is -1.79. The zero-order valence-electron chi connectivity index (χ0n) is 15.0. The number of likely N-dealkylation sites (N-methyl/N-ethyl adjacent to an activating group) is 1. The van der Waals surface area contributed by atoms with Crippen LogP contribution in [0.1, 0.15) is 6.92 Å². The molecule has 2 rings (SSSR count). The molecule has 1 aliphatic rings. The molecule has 1 fully saturated rings. The molecular weight excluding hydrogens is 302 g/mol. The van der Waals surface area contributed by atoms with Crippen LogP contribution in [0.5, 0.6) is 5.75 Å². The van der Waals surface area contributed by atoms with Gasteiger partial charge in [-0.05, 0) is 18.7 Å². The van der Waals surface area contributed by atoms with Gasteiger partial charge in [-0.25, -0.2) is 0 Å². The fourth-order valence-electron chi connectivity index (χ4n) is 2.74. The molecule has 0 spiro atoms. The highest BCUT2D eigenvalue weighted by Crippen LogP contribution is 2.07. The normalized spacial score (nSPS) is 16.8. The number of para-hydroxylation sites is 1. The number of nitrogens with one attached hydrogen (secondary N) is 2. The third-order valence-electron chi connectivity index (χ3n) is 4.26. The van der Waals surface area contributed by atoms with Crippen molar-refractivity contribution in [1.29, 1.82) is 0 Å². The van der Waals surface area contributed by atoms with Crippen LogP contribution in [0, 0.1) is 0 Å². The summed E-state index contributed by atoms with van der Waals surface area (Å²) in [5, 5.41) is 6.65. The number of benzene rings is 1. The molecule has 0 aliphatic carbocycles. The molecule has 0 radical (unpaired) electrons. The first-order valence-electron chi connectivity index (χ1n) is 8.89. The van der Waals surface area contributed by atoms with Gasteiger partial charge in [0.2, 0.25) is 0 Å². The Balaban J connectivity index is 1.54. The van der Waals surface area contributed by atoms with Crippen LogP contribution in [-0.4, -0.2) is 81.8 Å². The maximum absolute atomic E-state index is 5.66. The van der Waals surface area contributed by atoms with E-state index in [1.165, 1.54) is 13.1 Å². The average molecular weight is 333 g/mol. The maximum atomic E-state index is 5.66. The fourth-order valence-corrected chi connectivity index (χ4v) is 2.74. The van der Waals surface area contributed by atoms with Crippen molar-refractivity contribution in [3.05, 3.63) is 30.3 Å². The van der Waals surface area contributed by atoms with Crippen LogP contribution in [0.4, 0.5) is 0 Å². The molecule has 0 bridgehead atoms. The number of hydrogen-bond donors (Lipinski definition) is 2. The molecule has 6 nitrogen and oxygen atoms in total. The SMILES string of the molecule is CCN1CCN(CCNC(=NC)NCCOc2ccccc2)CC1. The van der Waals surface area contributed by atoms with E-state index in [-0.39, 0.29) is 0 Å². The lowest BCUT2D eigenvalue weighted by atomic mass is 10.3. The van der Waals surface area contributed by atoms with Crippen LogP contribution in [0.15, 0.2) is 35.3 Å². The number of piperazine rings is 1. The number of nitrogens with zero attached hydrogens (tertiary/aromatic N) is 3. The average Bonchev–Trinajstić information content (AvgIpc) is 2.65.